The number of carbonyl (C=O) groups excluding carboxylic acids is 1. The maximum Gasteiger partial charge on any atom is 0.501 e. The molecule has 0 unspecified atom stereocenters. The largest absolute Gasteiger partial charge is 0.501 e. The molecule has 94 valence electrons. The minimum absolute atomic E-state index is 0.173. The van der Waals surface area contributed by atoms with Crippen molar-refractivity contribution in [1.29, 1.82) is 0 Å². The molecule has 1 aromatic carbocycles. The van der Waals surface area contributed by atoms with Crippen LogP contribution in [0, 0.1) is 0 Å². The number of nitrogens with one attached hydrogen (secondary N) is 1. The molecule has 0 atom stereocenters. The van der Waals surface area contributed by atoms with Crippen molar-refractivity contribution >= 4 is 15.7 Å². The lowest BCUT2D eigenvalue weighted by Gasteiger charge is -2.08. The van der Waals surface area contributed by atoms with E-state index in [1.165, 1.54) is 5.48 Å². The molecule has 0 heterocycles. The van der Waals surface area contributed by atoms with Gasteiger partial charge in [-0.1, -0.05) is 0 Å². The van der Waals surface area contributed by atoms with E-state index in [9.17, 15) is 26.4 Å². The average Bonchev–Trinajstić information content (AvgIpc) is 2.26. The first-order valence-corrected chi connectivity index (χ1v) is 5.54. The van der Waals surface area contributed by atoms with Crippen molar-refractivity contribution in [2.45, 2.75) is 10.4 Å². The lowest BCUT2D eigenvalue weighted by Crippen LogP contribution is -2.23. The molecule has 5 nitrogen and oxygen atoms in total. The molecule has 0 radical (unpaired) electrons. The number of rotatable bonds is 2. The molecule has 0 saturated heterocycles. The van der Waals surface area contributed by atoms with Gasteiger partial charge in [-0.15, -0.1) is 0 Å². The van der Waals surface area contributed by atoms with Crippen molar-refractivity contribution in [2.24, 2.45) is 0 Å². The molecule has 0 fully saturated rings. The number of benzene rings is 1. The maximum atomic E-state index is 12.1. The van der Waals surface area contributed by atoms with Crippen molar-refractivity contribution in [3.05, 3.63) is 29.8 Å². The number of hydrogen-bond acceptors (Lipinski definition) is 4. The van der Waals surface area contributed by atoms with Crippen molar-refractivity contribution in [3.63, 3.8) is 0 Å². The third kappa shape index (κ3) is 2.56. The van der Waals surface area contributed by atoms with E-state index in [-0.39, 0.29) is 5.56 Å². The Bertz CT molecular complexity index is 521. The average molecular weight is 269 g/mol. The van der Waals surface area contributed by atoms with Gasteiger partial charge in [0, 0.05) is 5.56 Å². The van der Waals surface area contributed by atoms with E-state index < -0.39 is 26.1 Å². The Morgan fingerprint density at radius 2 is 1.65 bits per heavy atom. The first kappa shape index (κ1) is 13.5. The third-order valence-electron chi connectivity index (χ3n) is 1.83. The summed E-state index contributed by atoms with van der Waals surface area (Å²) in [5, 5.41) is 8.25. The van der Waals surface area contributed by atoms with E-state index in [1.54, 1.807) is 0 Å². The molecular formula is C8H6F3NO4S. The van der Waals surface area contributed by atoms with E-state index >= 15 is 0 Å². The fourth-order valence-electron chi connectivity index (χ4n) is 0.984. The lowest BCUT2D eigenvalue weighted by molar-refractivity contribution is -0.0436. The molecule has 1 amide bonds. The zero-order valence-corrected chi connectivity index (χ0v) is 8.84. The van der Waals surface area contributed by atoms with Gasteiger partial charge < -0.3 is 0 Å². The molecular weight excluding hydrogens is 263 g/mol. The van der Waals surface area contributed by atoms with Crippen LogP contribution in [0.4, 0.5) is 13.2 Å². The molecule has 0 aliphatic carbocycles. The van der Waals surface area contributed by atoms with E-state index in [1.807, 2.05) is 0 Å². The van der Waals surface area contributed by atoms with Crippen LogP contribution in [-0.2, 0) is 9.84 Å². The van der Waals surface area contributed by atoms with Crippen LogP contribution in [0.5, 0.6) is 0 Å². The Balaban J connectivity index is 3.17. The minimum atomic E-state index is -5.42. The first-order valence-electron chi connectivity index (χ1n) is 4.06. The van der Waals surface area contributed by atoms with Gasteiger partial charge in [-0.3, -0.25) is 10.0 Å². The van der Waals surface area contributed by atoms with Gasteiger partial charge >= 0.3 is 5.51 Å². The molecule has 0 saturated carbocycles. The van der Waals surface area contributed by atoms with Gasteiger partial charge in [0.15, 0.2) is 0 Å². The fourth-order valence-corrected chi connectivity index (χ4v) is 1.75. The second-order valence-corrected chi connectivity index (χ2v) is 4.86. The zero-order valence-electron chi connectivity index (χ0n) is 8.02. The summed E-state index contributed by atoms with van der Waals surface area (Å²) >= 11 is 0. The summed E-state index contributed by atoms with van der Waals surface area (Å²) in [6, 6.07) is 2.97. The van der Waals surface area contributed by atoms with Crippen molar-refractivity contribution in [3.8, 4) is 0 Å². The summed E-state index contributed by atoms with van der Waals surface area (Å²) in [6.07, 6.45) is 0. The van der Waals surface area contributed by atoms with Gasteiger partial charge in [0.05, 0.1) is 4.90 Å². The number of carbonyl (C=O) groups is 1. The van der Waals surface area contributed by atoms with E-state index in [0.717, 1.165) is 12.1 Å². The number of halogens is 3. The summed E-state index contributed by atoms with van der Waals surface area (Å²) in [5.41, 5.74) is -4.31. The van der Waals surface area contributed by atoms with Gasteiger partial charge in [0.25, 0.3) is 15.7 Å². The number of hydroxylamine groups is 1. The second-order valence-electron chi connectivity index (χ2n) is 2.91. The highest BCUT2D eigenvalue weighted by atomic mass is 32.2. The highest BCUT2D eigenvalue weighted by Gasteiger charge is 2.46. The van der Waals surface area contributed by atoms with E-state index in [4.69, 9.17) is 5.21 Å². The normalized spacial score (nSPS) is 12.2. The molecule has 0 bridgehead atoms. The lowest BCUT2D eigenvalue weighted by atomic mass is 10.2. The smallest absolute Gasteiger partial charge is 0.288 e. The van der Waals surface area contributed by atoms with Crippen molar-refractivity contribution in [1.82, 2.24) is 5.48 Å². The van der Waals surface area contributed by atoms with Crippen LogP contribution in [0.25, 0.3) is 0 Å². The Labute approximate surface area is 93.7 Å². The van der Waals surface area contributed by atoms with E-state index in [0.29, 0.717) is 12.1 Å². The van der Waals surface area contributed by atoms with Crippen LogP contribution in [0.3, 0.4) is 0 Å². The predicted molar refractivity (Wildman–Crippen MR) is 48.9 cm³/mol. The van der Waals surface area contributed by atoms with Gasteiger partial charge in [0.2, 0.25) is 0 Å². The summed E-state index contributed by atoms with van der Waals surface area (Å²) in [7, 11) is -5.42. The Hall–Kier alpha value is -1.61. The van der Waals surface area contributed by atoms with Gasteiger partial charge in [0.1, 0.15) is 0 Å². The Morgan fingerprint density at radius 1 is 1.18 bits per heavy atom. The minimum Gasteiger partial charge on any atom is -0.288 e. The number of amides is 1. The van der Waals surface area contributed by atoms with Crippen molar-refractivity contribution < 1.29 is 31.6 Å². The van der Waals surface area contributed by atoms with Crippen LogP contribution in [0.1, 0.15) is 10.4 Å². The Kier molecular flexibility index (Phi) is 3.43. The van der Waals surface area contributed by atoms with Crippen LogP contribution >= 0.6 is 0 Å². The first-order chi connectivity index (χ1) is 7.70. The SMILES string of the molecule is O=C(NO)c1ccc(S(=O)(=O)C(F)(F)F)cc1. The van der Waals surface area contributed by atoms with Gasteiger partial charge in [-0.05, 0) is 24.3 Å². The predicted octanol–water partition coefficient (Wildman–Crippen LogP) is 1.10. The highest BCUT2D eigenvalue weighted by Crippen LogP contribution is 2.30. The molecule has 0 aromatic heterocycles. The molecule has 9 heteroatoms. The van der Waals surface area contributed by atoms with Crippen LogP contribution < -0.4 is 5.48 Å². The summed E-state index contributed by atoms with van der Waals surface area (Å²) in [6.45, 7) is 0. The molecule has 17 heavy (non-hydrogen) atoms. The van der Waals surface area contributed by atoms with Crippen molar-refractivity contribution in [2.75, 3.05) is 0 Å². The molecule has 1 aromatic rings. The van der Waals surface area contributed by atoms with Gasteiger partial charge in [-0.2, -0.15) is 13.2 Å². The zero-order chi connectivity index (χ0) is 13.3. The molecule has 0 spiro atoms. The van der Waals surface area contributed by atoms with Gasteiger partial charge in [-0.25, -0.2) is 13.9 Å². The number of hydrogen-bond donors (Lipinski definition) is 2. The van der Waals surface area contributed by atoms with Crippen LogP contribution in [0.2, 0.25) is 0 Å². The summed E-state index contributed by atoms with van der Waals surface area (Å²) < 4.78 is 58.3. The number of sulfone groups is 1. The summed E-state index contributed by atoms with van der Waals surface area (Å²) in [4.78, 5) is 9.87. The van der Waals surface area contributed by atoms with Crippen LogP contribution in [-0.4, -0.2) is 25.0 Å². The Morgan fingerprint density at radius 3 is 2.00 bits per heavy atom. The van der Waals surface area contributed by atoms with E-state index in [2.05, 4.69) is 0 Å². The molecule has 0 aliphatic rings. The quantitative estimate of drug-likeness (QED) is 0.622. The van der Waals surface area contributed by atoms with Crippen LogP contribution in [0.15, 0.2) is 29.2 Å². The maximum absolute atomic E-state index is 12.1. The second kappa shape index (κ2) is 4.34. The highest BCUT2D eigenvalue weighted by molar-refractivity contribution is 7.92. The molecule has 1 rings (SSSR count). The summed E-state index contributed by atoms with van der Waals surface area (Å²) in [5.74, 6) is -0.957. The molecule has 0 aliphatic heterocycles. The molecule has 2 N–H and O–H groups in total. The number of alkyl halides is 3. The topological polar surface area (TPSA) is 83.5 Å². The third-order valence-corrected chi connectivity index (χ3v) is 3.34. The fraction of sp³-hybridized carbons (Fsp3) is 0.125. The standard InChI is InChI=1S/C8H6F3NO4S/c9-8(10,11)17(15,16)6-3-1-5(2-4-6)7(13)12-14/h1-4,14H,(H,12,13). The monoisotopic (exact) mass is 269 g/mol.